The van der Waals surface area contributed by atoms with Crippen molar-refractivity contribution in [2.75, 3.05) is 19.6 Å². The molecule has 0 saturated carbocycles. The lowest BCUT2D eigenvalue weighted by Gasteiger charge is -2.24. The molecular formula is C19H28FIN4S. The van der Waals surface area contributed by atoms with E-state index in [4.69, 9.17) is 0 Å². The summed E-state index contributed by atoms with van der Waals surface area (Å²) in [7, 11) is 0. The van der Waals surface area contributed by atoms with Gasteiger partial charge in [-0.15, -0.1) is 35.3 Å². The summed E-state index contributed by atoms with van der Waals surface area (Å²) < 4.78 is 13.5. The summed E-state index contributed by atoms with van der Waals surface area (Å²) in [5, 5.41) is 9.78. The molecule has 0 unspecified atom stereocenters. The van der Waals surface area contributed by atoms with E-state index in [0.717, 1.165) is 41.7 Å². The van der Waals surface area contributed by atoms with E-state index in [0.29, 0.717) is 6.54 Å². The van der Waals surface area contributed by atoms with Crippen LogP contribution in [-0.4, -0.2) is 30.6 Å². The molecule has 0 atom stereocenters. The molecule has 0 radical (unpaired) electrons. The Hall–Kier alpha value is -1.22. The Labute approximate surface area is 176 Å². The summed E-state index contributed by atoms with van der Waals surface area (Å²) in [5.41, 5.74) is 1.81. The number of hydrogen-bond donors (Lipinski definition) is 2. The summed E-state index contributed by atoms with van der Waals surface area (Å²) in [6.07, 6.45) is 0.863. The van der Waals surface area contributed by atoms with Gasteiger partial charge in [0.1, 0.15) is 5.82 Å². The molecule has 0 amide bonds. The van der Waals surface area contributed by atoms with Gasteiger partial charge in [0.15, 0.2) is 5.96 Å². The lowest BCUT2D eigenvalue weighted by atomic mass is 9.85. The summed E-state index contributed by atoms with van der Waals surface area (Å²) in [6.45, 7) is 10.3. The van der Waals surface area contributed by atoms with Gasteiger partial charge < -0.3 is 10.6 Å². The van der Waals surface area contributed by atoms with Gasteiger partial charge in [0.2, 0.25) is 0 Å². The second kappa shape index (κ2) is 10.8. The number of benzene rings is 1. The van der Waals surface area contributed by atoms with Crippen LogP contribution in [0.1, 0.15) is 37.0 Å². The zero-order valence-corrected chi connectivity index (χ0v) is 19.0. The van der Waals surface area contributed by atoms with Gasteiger partial charge in [-0.3, -0.25) is 4.99 Å². The molecule has 0 bridgehead atoms. The van der Waals surface area contributed by atoms with Crippen LogP contribution in [0.3, 0.4) is 0 Å². The largest absolute Gasteiger partial charge is 0.357 e. The number of hydrogen-bond acceptors (Lipinski definition) is 3. The van der Waals surface area contributed by atoms with Crippen molar-refractivity contribution >= 4 is 41.3 Å². The van der Waals surface area contributed by atoms with Crippen LogP contribution in [0.25, 0.3) is 0 Å². The minimum absolute atomic E-state index is 0. The van der Waals surface area contributed by atoms with Gasteiger partial charge in [-0.2, -0.15) is 0 Å². The first kappa shape index (κ1) is 22.8. The number of aromatic nitrogens is 1. The molecule has 1 aromatic carbocycles. The molecule has 0 spiro atoms. The van der Waals surface area contributed by atoms with Gasteiger partial charge in [-0.1, -0.05) is 26.0 Å². The topological polar surface area (TPSA) is 49.3 Å². The second-order valence-electron chi connectivity index (χ2n) is 6.62. The molecule has 2 aromatic rings. The molecule has 26 heavy (non-hydrogen) atoms. The van der Waals surface area contributed by atoms with Gasteiger partial charge in [-0.25, -0.2) is 9.37 Å². The van der Waals surface area contributed by atoms with Crippen molar-refractivity contribution in [1.29, 1.82) is 0 Å². The first-order chi connectivity index (χ1) is 11.9. The van der Waals surface area contributed by atoms with E-state index in [1.165, 1.54) is 6.07 Å². The molecule has 7 heteroatoms. The normalized spacial score (nSPS) is 11.8. The van der Waals surface area contributed by atoms with Crippen molar-refractivity contribution in [1.82, 2.24) is 15.6 Å². The van der Waals surface area contributed by atoms with Crippen molar-refractivity contribution in [3.8, 4) is 0 Å². The van der Waals surface area contributed by atoms with Crippen LogP contribution in [0.15, 0.2) is 34.6 Å². The third kappa shape index (κ3) is 7.19. The molecule has 0 saturated heterocycles. The number of aryl methyl sites for hydroxylation is 1. The fourth-order valence-corrected chi connectivity index (χ4v) is 3.10. The molecule has 0 aliphatic rings. The zero-order valence-electron chi connectivity index (χ0n) is 15.8. The molecule has 1 aromatic heterocycles. The van der Waals surface area contributed by atoms with Crippen molar-refractivity contribution < 1.29 is 4.39 Å². The Morgan fingerprint density at radius 2 is 2.08 bits per heavy atom. The maximum Gasteiger partial charge on any atom is 0.191 e. The lowest BCUT2D eigenvalue weighted by molar-refractivity contribution is 0.529. The van der Waals surface area contributed by atoms with E-state index in [1.807, 2.05) is 19.9 Å². The Balaban J connectivity index is 0.00000338. The number of aliphatic imine (C=N–C) groups is 1. The fraction of sp³-hybridized carbons (Fsp3) is 0.474. The van der Waals surface area contributed by atoms with Crippen LogP contribution in [0.2, 0.25) is 0 Å². The Morgan fingerprint density at radius 3 is 2.69 bits per heavy atom. The van der Waals surface area contributed by atoms with E-state index in [9.17, 15) is 4.39 Å². The van der Waals surface area contributed by atoms with E-state index < -0.39 is 0 Å². The van der Waals surface area contributed by atoms with E-state index >= 15 is 0 Å². The highest BCUT2D eigenvalue weighted by Gasteiger charge is 2.21. The van der Waals surface area contributed by atoms with Gasteiger partial charge in [-0.05, 0) is 31.5 Å². The standard InChI is InChI=1S/C19H27FN4S.HI/c1-5-21-18(22-10-9-17-12-25-14(2)24-17)23-13-19(3,4)15-7-6-8-16(20)11-15;/h6-8,11-12H,5,9-10,13H2,1-4H3,(H2,21,22,23);1H. The SMILES string of the molecule is CCNC(=NCC(C)(C)c1cccc(F)c1)NCCc1csc(C)n1.I. The summed E-state index contributed by atoms with van der Waals surface area (Å²) in [6, 6.07) is 6.74. The van der Waals surface area contributed by atoms with Gasteiger partial charge in [0.25, 0.3) is 0 Å². The van der Waals surface area contributed by atoms with Crippen molar-refractivity contribution in [3.63, 3.8) is 0 Å². The van der Waals surface area contributed by atoms with E-state index in [-0.39, 0.29) is 35.2 Å². The van der Waals surface area contributed by atoms with Crippen LogP contribution in [0.4, 0.5) is 4.39 Å². The maximum atomic E-state index is 13.5. The summed E-state index contributed by atoms with van der Waals surface area (Å²) in [4.78, 5) is 9.15. The maximum absolute atomic E-state index is 13.5. The number of rotatable bonds is 7. The molecular weight excluding hydrogens is 462 g/mol. The predicted molar refractivity (Wildman–Crippen MR) is 119 cm³/mol. The highest BCUT2D eigenvalue weighted by Crippen LogP contribution is 2.24. The average Bonchev–Trinajstić information content (AvgIpc) is 2.98. The van der Waals surface area contributed by atoms with Crippen LogP contribution in [0, 0.1) is 12.7 Å². The molecule has 2 N–H and O–H groups in total. The number of nitrogens with one attached hydrogen (secondary N) is 2. The zero-order chi connectivity index (χ0) is 18.3. The minimum Gasteiger partial charge on any atom is -0.357 e. The molecule has 1 heterocycles. The summed E-state index contributed by atoms with van der Waals surface area (Å²) in [5.74, 6) is 0.567. The number of nitrogens with zero attached hydrogens (tertiary/aromatic N) is 2. The first-order valence-electron chi connectivity index (χ1n) is 8.60. The number of thiazole rings is 1. The van der Waals surface area contributed by atoms with Crippen molar-refractivity contribution in [2.24, 2.45) is 4.99 Å². The Morgan fingerprint density at radius 1 is 1.31 bits per heavy atom. The van der Waals surface area contributed by atoms with Gasteiger partial charge >= 0.3 is 0 Å². The van der Waals surface area contributed by atoms with Crippen molar-refractivity contribution in [3.05, 3.63) is 51.7 Å². The average molecular weight is 490 g/mol. The molecule has 2 rings (SSSR count). The fourth-order valence-electron chi connectivity index (χ4n) is 2.45. The van der Waals surface area contributed by atoms with Gasteiger partial charge in [0, 0.05) is 30.3 Å². The Kier molecular flexibility index (Phi) is 9.49. The first-order valence-corrected chi connectivity index (χ1v) is 9.48. The lowest BCUT2D eigenvalue weighted by Crippen LogP contribution is -2.39. The smallest absolute Gasteiger partial charge is 0.191 e. The minimum atomic E-state index is -0.240. The van der Waals surface area contributed by atoms with Crippen LogP contribution in [-0.2, 0) is 11.8 Å². The third-order valence-corrected chi connectivity index (χ3v) is 4.75. The molecule has 0 aliphatic heterocycles. The van der Waals surface area contributed by atoms with Crippen molar-refractivity contribution in [2.45, 2.75) is 39.5 Å². The summed E-state index contributed by atoms with van der Waals surface area (Å²) >= 11 is 1.67. The van der Waals surface area contributed by atoms with Gasteiger partial charge in [0.05, 0.1) is 17.2 Å². The van der Waals surface area contributed by atoms with E-state index in [1.54, 1.807) is 23.5 Å². The predicted octanol–water partition coefficient (Wildman–Crippen LogP) is 4.28. The Bertz CT molecular complexity index is 715. The number of guanidine groups is 1. The second-order valence-corrected chi connectivity index (χ2v) is 7.69. The number of halogens is 2. The highest BCUT2D eigenvalue weighted by molar-refractivity contribution is 14.0. The van der Waals surface area contributed by atoms with Crippen LogP contribution in [0.5, 0.6) is 0 Å². The molecule has 144 valence electrons. The quantitative estimate of drug-likeness (QED) is 0.346. The molecule has 4 nitrogen and oxygen atoms in total. The van der Waals surface area contributed by atoms with E-state index in [2.05, 4.69) is 39.8 Å². The third-order valence-electron chi connectivity index (χ3n) is 3.92. The monoisotopic (exact) mass is 490 g/mol. The molecule has 0 fully saturated rings. The highest BCUT2D eigenvalue weighted by atomic mass is 127. The van der Waals surface area contributed by atoms with Crippen LogP contribution >= 0.6 is 35.3 Å². The molecule has 0 aliphatic carbocycles. The van der Waals surface area contributed by atoms with Crippen LogP contribution < -0.4 is 10.6 Å².